The fourth-order valence-electron chi connectivity index (χ4n) is 2.19. The Morgan fingerprint density at radius 3 is 2.29 bits per heavy atom. The van der Waals surface area contributed by atoms with Gasteiger partial charge in [0.15, 0.2) is 0 Å². The first-order valence-corrected chi connectivity index (χ1v) is 6.16. The third-order valence-electron chi connectivity index (χ3n) is 3.64. The predicted molar refractivity (Wildman–Crippen MR) is 64.4 cm³/mol. The minimum absolute atomic E-state index is 0.0550. The second-order valence-electron chi connectivity index (χ2n) is 5.28. The summed E-state index contributed by atoms with van der Waals surface area (Å²) < 4.78 is 0. The van der Waals surface area contributed by atoms with Crippen molar-refractivity contribution < 1.29 is 14.7 Å². The standard InChI is InChI=1S/C12H22N2O3/c1-8(2)9(13)10(15)14-7-12(11(16)17)5-3-4-6-12/h8-9H,3-7,13H2,1-2H3,(H,14,15)(H,16,17)/t9-/m1/s1. The molecule has 5 heteroatoms. The Bertz CT molecular complexity index is 296. The number of carboxylic acids is 1. The minimum Gasteiger partial charge on any atom is -0.481 e. The molecule has 0 heterocycles. The van der Waals surface area contributed by atoms with Crippen LogP contribution < -0.4 is 11.1 Å². The van der Waals surface area contributed by atoms with E-state index in [4.69, 9.17) is 5.73 Å². The van der Waals surface area contributed by atoms with Gasteiger partial charge in [0, 0.05) is 6.54 Å². The second-order valence-corrected chi connectivity index (χ2v) is 5.28. The van der Waals surface area contributed by atoms with Crippen LogP contribution in [0.1, 0.15) is 39.5 Å². The van der Waals surface area contributed by atoms with E-state index in [9.17, 15) is 14.7 Å². The smallest absolute Gasteiger partial charge is 0.311 e. The lowest BCUT2D eigenvalue weighted by molar-refractivity contribution is -0.148. The van der Waals surface area contributed by atoms with Crippen molar-refractivity contribution in [2.45, 2.75) is 45.6 Å². The molecule has 1 atom stereocenters. The maximum Gasteiger partial charge on any atom is 0.311 e. The fraction of sp³-hybridized carbons (Fsp3) is 0.833. The Hall–Kier alpha value is -1.10. The third kappa shape index (κ3) is 3.19. The van der Waals surface area contributed by atoms with Crippen LogP contribution >= 0.6 is 0 Å². The third-order valence-corrected chi connectivity index (χ3v) is 3.64. The lowest BCUT2D eigenvalue weighted by Gasteiger charge is -2.25. The lowest BCUT2D eigenvalue weighted by atomic mass is 9.86. The number of carboxylic acid groups (broad SMARTS) is 1. The molecule has 0 bridgehead atoms. The summed E-state index contributed by atoms with van der Waals surface area (Å²) in [6, 6.07) is -0.567. The molecule has 0 aliphatic heterocycles. The maximum atomic E-state index is 11.7. The molecule has 1 fully saturated rings. The molecule has 0 aromatic heterocycles. The van der Waals surface area contributed by atoms with E-state index >= 15 is 0 Å². The van der Waals surface area contributed by atoms with Crippen LogP contribution in [-0.4, -0.2) is 29.6 Å². The summed E-state index contributed by atoms with van der Waals surface area (Å²) in [4.78, 5) is 22.9. The highest BCUT2D eigenvalue weighted by Crippen LogP contribution is 2.37. The Labute approximate surface area is 102 Å². The van der Waals surface area contributed by atoms with Crippen LogP contribution in [0.15, 0.2) is 0 Å². The van der Waals surface area contributed by atoms with Crippen molar-refractivity contribution in [3.63, 3.8) is 0 Å². The van der Waals surface area contributed by atoms with Crippen molar-refractivity contribution in [2.24, 2.45) is 17.1 Å². The van der Waals surface area contributed by atoms with E-state index < -0.39 is 17.4 Å². The molecule has 98 valence electrons. The van der Waals surface area contributed by atoms with Crippen LogP contribution in [0, 0.1) is 11.3 Å². The first kappa shape index (κ1) is 14.0. The van der Waals surface area contributed by atoms with Crippen molar-refractivity contribution in [3.8, 4) is 0 Å². The van der Waals surface area contributed by atoms with Gasteiger partial charge >= 0.3 is 5.97 Å². The topological polar surface area (TPSA) is 92.4 Å². The van der Waals surface area contributed by atoms with E-state index in [0.717, 1.165) is 12.8 Å². The molecule has 1 saturated carbocycles. The summed E-state index contributed by atoms with van der Waals surface area (Å²) in [5, 5.41) is 11.9. The summed E-state index contributed by atoms with van der Waals surface area (Å²) >= 11 is 0. The summed E-state index contributed by atoms with van der Waals surface area (Å²) in [6.45, 7) is 3.93. The molecule has 17 heavy (non-hydrogen) atoms. The van der Waals surface area contributed by atoms with E-state index in [-0.39, 0.29) is 18.4 Å². The largest absolute Gasteiger partial charge is 0.481 e. The molecule has 0 aromatic carbocycles. The monoisotopic (exact) mass is 242 g/mol. The van der Waals surface area contributed by atoms with Gasteiger partial charge in [-0.15, -0.1) is 0 Å². The van der Waals surface area contributed by atoms with Crippen LogP contribution in [0.3, 0.4) is 0 Å². The van der Waals surface area contributed by atoms with Crippen molar-refractivity contribution in [1.29, 1.82) is 0 Å². The number of aliphatic carboxylic acids is 1. The molecule has 4 N–H and O–H groups in total. The highest BCUT2D eigenvalue weighted by atomic mass is 16.4. The Kier molecular flexibility index (Phi) is 4.51. The molecule has 0 spiro atoms. The highest BCUT2D eigenvalue weighted by Gasteiger charge is 2.41. The molecule has 0 unspecified atom stereocenters. The highest BCUT2D eigenvalue weighted by molar-refractivity contribution is 5.83. The minimum atomic E-state index is -0.812. The Balaban J connectivity index is 2.54. The number of carbonyl (C=O) groups excluding carboxylic acids is 1. The number of hydrogen-bond acceptors (Lipinski definition) is 3. The van der Waals surface area contributed by atoms with Gasteiger partial charge in [0.2, 0.25) is 5.91 Å². The number of nitrogens with two attached hydrogens (primary N) is 1. The van der Waals surface area contributed by atoms with E-state index in [1.165, 1.54) is 0 Å². The number of hydrogen-bond donors (Lipinski definition) is 3. The summed E-state index contributed by atoms with van der Waals surface area (Å²) in [7, 11) is 0. The van der Waals surface area contributed by atoms with Crippen LogP contribution in [0.25, 0.3) is 0 Å². The lowest BCUT2D eigenvalue weighted by Crippen LogP contribution is -2.48. The van der Waals surface area contributed by atoms with E-state index in [1.54, 1.807) is 0 Å². The second kappa shape index (κ2) is 5.49. The zero-order valence-corrected chi connectivity index (χ0v) is 10.5. The first-order chi connectivity index (χ1) is 7.89. The van der Waals surface area contributed by atoms with Crippen LogP contribution in [0.4, 0.5) is 0 Å². The van der Waals surface area contributed by atoms with Crippen molar-refractivity contribution >= 4 is 11.9 Å². The molecule has 1 aliphatic carbocycles. The van der Waals surface area contributed by atoms with E-state index in [1.807, 2.05) is 13.8 Å². The van der Waals surface area contributed by atoms with Crippen LogP contribution in [0.2, 0.25) is 0 Å². The van der Waals surface area contributed by atoms with Crippen LogP contribution in [-0.2, 0) is 9.59 Å². The molecule has 1 aliphatic rings. The Morgan fingerprint density at radius 1 is 1.35 bits per heavy atom. The number of amides is 1. The molecule has 0 radical (unpaired) electrons. The van der Waals surface area contributed by atoms with Gasteiger partial charge in [0.05, 0.1) is 11.5 Å². The van der Waals surface area contributed by atoms with Gasteiger partial charge < -0.3 is 16.2 Å². The van der Waals surface area contributed by atoms with Gasteiger partial charge in [-0.25, -0.2) is 0 Å². The van der Waals surface area contributed by atoms with Crippen LogP contribution in [0.5, 0.6) is 0 Å². The van der Waals surface area contributed by atoms with E-state index in [0.29, 0.717) is 12.8 Å². The summed E-state index contributed by atoms with van der Waals surface area (Å²) in [6.07, 6.45) is 3.11. The Morgan fingerprint density at radius 2 is 1.88 bits per heavy atom. The zero-order chi connectivity index (χ0) is 13.1. The van der Waals surface area contributed by atoms with Gasteiger partial charge in [-0.2, -0.15) is 0 Å². The number of rotatable bonds is 5. The average Bonchev–Trinajstić information content (AvgIpc) is 2.74. The quantitative estimate of drug-likeness (QED) is 0.662. The number of nitrogens with one attached hydrogen (secondary N) is 1. The zero-order valence-electron chi connectivity index (χ0n) is 10.5. The van der Waals surface area contributed by atoms with Gasteiger partial charge in [-0.1, -0.05) is 26.7 Å². The SMILES string of the molecule is CC(C)[C@@H](N)C(=O)NCC1(C(=O)O)CCCC1. The molecule has 5 nitrogen and oxygen atoms in total. The molecular formula is C12H22N2O3. The molecule has 1 rings (SSSR count). The maximum absolute atomic E-state index is 11.7. The average molecular weight is 242 g/mol. The number of carbonyl (C=O) groups is 2. The van der Waals surface area contributed by atoms with Crippen molar-refractivity contribution in [2.75, 3.05) is 6.54 Å². The normalized spacial score (nSPS) is 20.2. The van der Waals surface area contributed by atoms with Gasteiger partial charge in [0.25, 0.3) is 0 Å². The van der Waals surface area contributed by atoms with Gasteiger partial charge in [-0.3, -0.25) is 9.59 Å². The first-order valence-electron chi connectivity index (χ1n) is 6.16. The van der Waals surface area contributed by atoms with E-state index in [2.05, 4.69) is 5.32 Å². The summed E-state index contributed by atoms with van der Waals surface area (Å²) in [5.74, 6) is -1.01. The molecule has 0 aromatic rings. The summed E-state index contributed by atoms with van der Waals surface area (Å²) in [5.41, 5.74) is 4.93. The molecule has 1 amide bonds. The van der Waals surface area contributed by atoms with Gasteiger partial charge in [-0.05, 0) is 18.8 Å². The fourth-order valence-corrected chi connectivity index (χ4v) is 2.19. The predicted octanol–water partition coefficient (Wildman–Crippen LogP) is 0.731. The molecule has 0 saturated heterocycles. The molecular weight excluding hydrogens is 220 g/mol. The van der Waals surface area contributed by atoms with Gasteiger partial charge in [0.1, 0.15) is 0 Å². The van der Waals surface area contributed by atoms with Crippen molar-refractivity contribution in [3.05, 3.63) is 0 Å². The van der Waals surface area contributed by atoms with Crippen molar-refractivity contribution in [1.82, 2.24) is 5.32 Å².